The number of hydrogen-bond acceptors (Lipinski definition) is 4. The molecule has 0 saturated carbocycles. The molecule has 4 aromatic carbocycles. The van der Waals surface area contributed by atoms with Crippen molar-refractivity contribution in [1.29, 1.82) is 0 Å². The Morgan fingerprint density at radius 2 is 0.551 bits per heavy atom. The van der Waals surface area contributed by atoms with Crippen LogP contribution in [0.1, 0.15) is 17.1 Å². The number of hydrogen-bond donors (Lipinski definition) is 2. The molecule has 3 aromatic heterocycles. The lowest BCUT2D eigenvalue weighted by Crippen LogP contribution is -2.08. The summed E-state index contributed by atoms with van der Waals surface area (Å²) in [6.45, 7) is 0. The van der Waals surface area contributed by atoms with Crippen molar-refractivity contribution in [1.82, 2.24) is 19.9 Å². The SMILES string of the molecule is Fc1c(F)c(F)c(-c2c3nc(c(-c4c(F)c(F)c(F)c(F)c4F)c4ccc([nH]4)c(-c4c(F)c(F)c(F)c(F)c4F)c4nc(c(-c5c(F)c(F)c(F)c(F)c5F)c5ccc2[nH]5)OC4=S)C=C3)c(F)c1F. The van der Waals surface area contributed by atoms with Crippen LogP contribution in [0.5, 0.6) is 5.88 Å². The Morgan fingerprint density at radius 1 is 0.304 bits per heavy atom. The highest BCUT2D eigenvalue weighted by Gasteiger charge is 2.37. The quantitative estimate of drug-likeness (QED) is 0.0798. The van der Waals surface area contributed by atoms with Gasteiger partial charge in [0, 0.05) is 33.2 Å². The first-order valence-electron chi connectivity index (χ1n) is 18.3. The van der Waals surface area contributed by atoms with Crippen LogP contribution in [0.15, 0.2) is 24.3 Å². The summed E-state index contributed by atoms with van der Waals surface area (Å²) in [5.41, 5.74) is -21.0. The minimum Gasteiger partial charge on any atom is -0.424 e. The first-order valence-corrected chi connectivity index (χ1v) is 18.7. The van der Waals surface area contributed by atoms with Gasteiger partial charge in [-0.1, -0.05) is 0 Å². The molecule has 0 saturated heterocycles. The second kappa shape index (κ2) is 16.2. The molecule has 0 aliphatic carbocycles. The highest BCUT2D eigenvalue weighted by Crippen LogP contribution is 2.45. The fourth-order valence-corrected chi connectivity index (χ4v) is 7.65. The standard InChI is InChI=1S/C43H8F20N4OS/c44-21-17(22(45)30(53)37(60)29(21)52)13-7-1-2-8(64-7)14(18-23(46)31(54)38(61)32(55)24(18)47)10-4-6-12(66-10)16(20-27(50)35(58)40(63)36(59)28(20)51)42-67-41(43(69)68-42)15(11-5-3-9(13)65-11)19-25(48)33(56)39(62)34(57)26(19)49/h1-6,65-66H. The molecule has 0 radical (unpaired) electrons. The highest BCUT2D eigenvalue weighted by molar-refractivity contribution is 7.80. The Hall–Kier alpha value is -7.77. The van der Waals surface area contributed by atoms with Crippen molar-refractivity contribution < 1.29 is 92.5 Å². The van der Waals surface area contributed by atoms with Crippen molar-refractivity contribution in [3.63, 3.8) is 0 Å². The predicted molar refractivity (Wildman–Crippen MR) is 203 cm³/mol. The number of halogens is 20. The molecule has 0 spiro atoms. The van der Waals surface area contributed by atoms with Crippen molar-refractivity contribution in [2.24, 2.45) is 0 Å². The maximum absolute atomic E-state index is 15.9. The summed E-state index contributed by atoms with van der Waals surface area (Å²) >= 11 is 5.11. The summed E-state index contributed by atoms with van der Waals surface area (Å²) < 4.78 is 309. The molecule has 9 rings (SSSR count). The molecule has 69 heavy (non-hydrogen) atoms. The average molecular weight is 1010 g/mol. The molecular formula is C43H8F20N4OS. The molecule has 5 heterocycles. The van der Waals surface area contributed by atoms with E-state index in [1.807, 2.05) is 0 Å². The molecule has 2 aliphatic rings. The van der Waals surface area contributed by atoms with Crippen LogP contribution in [0.3, 0.4) is 0 Å². The molecule has 2 N–H and O–H groups in total. The third-order valence-corrected chi connectivity index (χ3v) is 10.8. The number of ether oxygens (including phenoxy) is 1. The van der Waals surface area contributed by atoms with Crippen molar-refractivity contribution in [3.8, 4) is 50.4 Å². The fraction of sp³-hybridized carbons (Fsp3) is 0. The first-order chi connectivity index (χ1) is 32.5. The minimum atomic E-state index is -2.77. The van der Waals surface area contributed by atoms with Gasteiger partial charge in [-0.3, -0.25) is 0 Å². The van der Waals surface area contributed by atoms with Gasteiger partial charge in [0.15, 0.2) is 93.1 Å². The van der Waals surface area contributed by atoms with E-state index >= 15 is 35.1 Å². The molecule has 8 bridgehead atoms. The van der Waals surface area contributed by atoms with Crippen LogP contribution in [-0.4, -0.2) is 25.0 Å². The Morgan fingerprint density at radius 3 is 0.870 bits per heavy atom. The van der Waals surface area contributed by atoms with Gasteiger partial charge in [-0.15, -0.1) is 0 Å². The molecular weight excluding hydrogens is 1000 g/mol. The normalized spacial score (nSPS) is 12.4. The lowest BCUT2D eigenvalue weighted by Gasteiger charge is -2.11. The number of nitrogens with one attached hydrogen (secondary N) is 2. The third kappa shape index (κ3) is 6.65. The second-order valence-electron chi connectivity index (χ2n) is 14.2. The van der Waals surface area contributed by atoms with E-state index in [9.17, 15) is 52.7 Å². The van der Waals surface area contributed by atoms with E-state index in [4.69, 9.17) is 17.0 Å². The van der Waals surface area contributed by atoms with Crippen LogP contribution >= 0.6 is 12.2 Å². The number of H-pyrrole nitrogens is 2. The molecule has 2 aliphatic heterocycles. The molecule has 5 nitrogen and oxygen atoms in total. The summed E-state index contributed by atoms with van der Waals surface area (Å²) in [6.07, 6.45) is 1.14. The molecule has 0 amide bonds. The Kier molecular flexibility index (Phi) is 10.9. The van der Waals surface area contributed by atoms with E-state index in [0.29, 0.717) is 36.4 Å². The Labute approximate surface area is 371 Å². The first kappa shape index (κ1) is 46.3. The van der Waals surface area contributed by atoms with Crippen LogP contribution in [0.2, 0.25) is 0 Å². The number of fused-ring (bicyclic) bond motifs is 8. The molecule has 352 valence electrons. The molecule has 0 fully saturated rings. The van der Waals surface area contributed by atoms with Crippen molar-refractivity contribution in [2.75, 3.05) is 0 Å². The number of rotatable bonds is 4. The third-order valence-electron chi connectivity index (χ3n) is 10.5. The van der Waals surface area contributed by atoms with E-state index in [0.717, 1.165) is 0 Å². The summed E-state index contributed by atoms with van der Waals surface area (Å²) in [4.78, 5) is 12.0. The zero-order valence-electron chi connectivity index (χ0n) is 32.2. The molecule has 0 atom stereocenters. The zero-order chi connectivity index (χ0) is 50.1. The Balaban J connectivity index is 1.61. The van der Waals surface area contributed by atoms with Crippen LogP contribution in [0.4, 0.5) is 87.8 Å². The van der Waals surface area contributed by atoms with E-state index in [1.54, 1.807) is 0 Å². The monoisotopic (exact) mass is 1010 g/mol. The largest absolute Gasteiger partial charge is 0.424 e. The van der Waals surface area contributed by atoms with Crippen LogP contribution in [0, 0.1) is 116 Å². The Bertz CT molecular complexity index is 3640. The van der Waals surface area contributed by atoms with Gasteiger partial charge >= 0.3 is 0 Å². The molecule has 7 aromatic rings. The van der Waals surface area contributed by atoms with E-state index < -0.39 is 211 Å². The van der Waals surface area contributed by atoms with E-state index in [2.05, 4.69) is 19.9 Å². The number of aromatic nitrogens is 4. The summed E-state index contributed by atoms with van der Waals surface area (Å²) in [5.74, 6) is -55.1. The van der Waals surface area contributed by atoms with Gasteiger partial charge < -0.3 is 14.7 Å². The van der Waals surface area contributed by atoms with Crippen LogP contribution in [0.25, 0.3) is 78.7 Å². The maximum Gasteiger partial charge on any atom is 0.231 e. The minimum absolute atomic E-state index is 0.543. The van der Waals surface area contributed by atoms with Crippen molar-refractivity contribution in [2.45, 2.75) is 0 Å². The molecule has 26 heteroatoms. The lowest BCUT2D eigenvalue weighted by molar-refractivity contribution is 0.381. The number of aromatic amines is 2. The van der Waals surface area contributed by atoms with E-state index in [1.165, 1.54) is 0 Å². The fourth-order valence-electron chi connectivity index (χ4n) is 7.42. The molecule has 0 unspecified atom stereocenters. The van der Waals surface area contributed by atoms with Gasteiger partial charge in [0.2, 0.25) is 34.2 Å². The van der Waals surface area contributed by atoms with Gasteiger partial charge in [-0.2, -0.15) is 0 Å². The van der Waals surface area contributed by atoms with Crippen LogP contribution < -0.4 is 4.74 Å². The smallest absolute Gasteiger partial charge is 0.231 e. The average Bonchev–Trinajstić information content (AvgIpc) is 4.18. The number of thiocarbonyl (C=S) groups is 1. The number of benzene rings is 4. The summed E-state index contributed by atoms with van der Waals surface area (Å²) in [7, 11) is 0. The zero-order valence-corrected chi connectivity index (χ0v) is 33.1. The maximum atomic E-state index is 15.9. The predicted octanol–water partition coefficient (Wildman–Crippen LogP) is 13.7. The van der Waals surface area contributed by atoms with Crippen molar-refractivity contribution >= 4 is 51.5 Å². The van der Waals surface area contributed by atoms with Gasteiger partial charge in [0.05, 0.1) is 44.7 Å². The van der Waals surface area contributed by atoms with Gasteiger partial charge in [-0.25, -0.2) is 97.8 Å². The van der Waals surface area contributed by atoms with Gasteiger partial charge in [0.25, 0.3) is 0 Å². The second-order valence-corrected chi connectivity index (χ2v) is 14.6. The highest BCUT2D eigenvalue weighted by atomic mass is 32.1. The van der Waals surface area contributed by atoms with E-state index in [-0.39, 0.29) is 0 Å². The summed E-state index contributed by atoms with van der Waals surface area (Å²) in [6, 6.07) is 2.24. The van der Waals surface area contributed by atoms with Crippen molar-refractivity contribution in [3.05, 3.63) is 158 Å². The number of nitrogens with zero attached hydrogens (tertiary/aromatic N) is 2. The van der Waals surface area contributed by atoms with Gasteiger partial charge in [-0.05, 0) is 48.6 Å². The summed E-state index contributed by atoms with van der Waals surface area (Å²) in [5, 5.41) is -1.31. The van der Waals surface area contributed by atoms with Gasteiger partial charge in [0.1, 0.15) is 5.69 Å². The van der Waals surface area contributed by atoms with Crippen LogP contribution in [-0.2, 0) is 0 Å². The lowest BCUT2D eigenvalue weighted by atomic mass is 10.0. The topological polar surface area (TPSA) is 66.6 Å².